The molecule has 0 aliphatic heterocycles. The minimum Gasteiger partial charge on any atom is -0.205 e. The Hall–Kier alpha value is -3.76. The Labute approximate surface area is 285 Å². The topological polar surface area (TPSA) is 0 Å². The number of thiophene rings is 6. The van der Waals surface area contributed by atoms with Gasteiger partial charge in [0.05, 0.1) is 9.75 Å². The van der Waals surface area contributed by atoms with E-state index in [1.165, 1.54) is 63.4 Å². The molecule has 0 bridgehead atoms. The van der Waals surface area contributed by atoms with Crippen LogP contribution in [0.2, 0.25) is 0 Å². The average molecular weight is 705 g/mol. The molecule has 10 aromatic rings. The van der Waals surface area contributed by atoms with Crippen LogP contribution in [0.25, 0.3) is 90.1 Å². The molecule has 0 saturated heterocycles. The smallest absolute Gasteiger partial charge is 0.150 e. The average Bonchev–Trinajstić information content (AvgIpc) is 3.91. The molecule has 46 heavy (non-hydrogen) atoms. The quantitative estimate of drug-likeness (QED) is 0.171. The molecule has 0 fully saturated rings. The van der Waals surface area contributed by atoms with Crippen LogP contribution in [0.15, 0.2) is 109 Å². The monoisotopic (exact) mass is 704 g/mol. The molecule has 0 N–H and O–H groups in total. The summed E-state index contributed by atoms with van der Waals surface area (Å²) in [6, 6.07) is 37.4. The molecule has 0 nitrogen and oxygen atoms in total. The van der Waals surface area contributed by atoms with Gasteiger partial charge in [0.25, 0.3) is 0 Å². The number of hydrogen-bond acceptors (Lipinski definition) is 6. The van der Waals surface area contributed by atoms with Gasteiger partial charge in [-0.05, 0) is 94.3 Å². The second-order valence-electron chi connectivity index (χ2n) is 11.2. The van der Waals surface area contributed by atoms with E-state index in [9.17, 15) is 0 Å². The fraction of sp³-hybridized carbons (Fsp3) is 0. The minimum absolute atomic E-state index is 0.121. The zero-order chi connectivity index (χ0) is 30.5. The number of hydrogen-bond donors (Lipinski definition) is 0. The molecule has 0 atom stereocenters. The highest BCUT2D eigenvalue weighted by Gasteiger charge is 2.18. The second-order valence-corrected chi connectivity index (χ2v) is 17.6. The van der Waals surface area contributed by atoms with E-state index in [4.69, 9.17) is 0 Å². The van der Waals surface area contributed by atoms with Gasteiger partial charge in [0.2, 0.25) is 0 Å². The lowest BCUT2D eigenvalue weighted by atomic mass is 10.1. The zero-order valence-corrected chi connectivity index (χ0v) is 28.5. The molecule has 6 aromatic heterocycles. The van der Waals surface area contributed by atoms with Crippen molar-refractivity contribution < 1.29 is 8.78 Å². The van der Waals surface area contributed by atoms with Crippen molar-refractivity contribution in [2.24, 2.45) is 0 Å². The third-order valence-electron chi connectivity index (χ3n) is 8.33. The van der Waals surface area contributed by atoms with Gasteiger partial charge in [-0.25, -0.2) is 8.78 Å². The molecule has 0 unspecified atom stereocenters. The molecular weight excluding hydrogens is 687 g/mol. The molecule has 0 aliphatic rings. The highest BCUT2D eigenvalue weighted by Crippen LogP contribution is 2.47. The summed E-state index contributed by atoms with van der Waals surface area (Å²) in [6.07, 6.45) is 0. The van der Waals surface area contributed by atoms with Crippen molar-refractivity contribution in [3.8, 4) is 39.0 Å². The van der Waals surface area contributed by atoms with Gasteiger partial charge >= 0.3 is 0 Å². The van der Waals surface area contributed by atoms with Gasteiger partial charge in [0.1, 0.15) is 11.6 Å². The van der Waals surface area contributed by atoms with Crippen LogP contribution in [0.5, 0.6) is 0 Å². The molecule has 0 spiro atoms. The molecular formula is C38H18F2S6. The maximum absolute atomic E-state index is 15.2. The number of fused-ring (bicyclic) bond motifs is 5. The summed E-state index contributed by atoms with van der Waals surface area (Å²) < 4.78 is 34.8. The lowest BCUT2D eigenvalue weighted by molar-refractivity contribution is 0.647. The third-order valence-corrected chi connectivity index (χ3v) is 15.7. The van der Waals surface area contributed by atoms with Gasteiger partial charge < -0.3 is 0 Å². The summed E-state index contributed by atoms with van der Waals surface area (Å²) in [5, 5.41) is 6.27. The normalized spacial score (nSPS) is 12.1. The second kappa shape index (κ2) is 10.4. The maximum atomic E-state index is 15.2. The van der Waals surface area contributed by atoms with Crippen LogP contribution in [0.1, 0.15) is 0 Å². The number of benzene rings is 4. The van der Waals surface area contributed by atoms with E-state index in [0.717, 1.165) is 38.7 Å². The van der Waals surface area contributed by atoms with E-state index in [0.29, 0.717) is 10.8 Å². The van der Waals surface area contributed by atoms with E-state index < -0.39 is 0 Å². The summed E-state index contributed by atoms with van der Waals surface area (Å²) in [4.78, 5) is 8.11. The number of halogens is 2. The first-order chi connectivity index (χ1) is 22.6. The first kappa shape index (κ1) is 27.4. The fourth-order valence-corrected chi connectivity index (χ4v) is 12.8. The summed E-state index contributed by atoms with van der Waals surface area (Å²) in [6.45, 7) is 0. The third kappa shape index (κ3) is 4.29. The van der Waals surface area contributed by atoms with Crippen molar-refractivity contribution in [3.05, 3.63) is 121 Å². The van der Waals surface area contributed by atoms with Gasteiger partial charge in [-0.1, -0.05) is 36.4 Å². The molecule has 220 valence electrons. The van der Waals surface area contributed by atoms with Gasteiger partial charge in [-0.3, -0.25) is 0 Å². The van der Waals surface area contributed by atoms with Crippen LogP contribution in [0.3, 0.4) is 0 Å². The van der Waals surface area contributed by atoms with Crippen LogP contribution in [0.4, 0.5) is 8.78 Å². The summed E-state index contributed by atoms with van der Waals surface area (Å²) in [5.41, 5.74) is 0. The summed E-state index contributed by atoms with van der Waals surface area (Å²) in [7, 11) is 0. The van der Waals surface area contributed by atoms with Crippen LogP contribution >= 0.6 is 68.0 Å². The summed E-state index contributed by atoms with van der Waals surface area (Å²) >= 11 is 9.93. The molecule has 0 aliphatic carbocycles. The fourth-order valence-electron chi connectivity index (χ4n) is 6.10. The largest absolute Gasteiger partial charge is 0.205 e. The lowest BCUT2D eigenvalue weighted by Gasteiger charge is -1.99. The van der Waals surface area contributed by atoms with E-state index in [1.807, 2.05) is 48.5 Å². The Bertz CT molecular complexity index is 2540. The van der Waals surface area contributed by atoms with E-state index >= 15 is 8.78 Å². The highest BCUT2D eigenvalue weighted by atomic mass is 32.1. The Kier molecular flexibility index (Phi) is 6.17. The van der Waals surface area contributed by atoms with Crippen molar-refractivity contribution in [1.82, 2.24) is 0 Å². The predicted octanol–water partition coefficient (Wildman–Crippen LogP) is 14.8. The Morgan fingerprint density at radius 2 is 0.761 bits per heavy atom. The van der Waals surface area contributed by atoms with Crippen molar-refractivity contribution in [2.75, 3.05) is 0 Å². The van der Waals surface area contributed by atoms with Gasteiger partial charge in [-0.2, -0.15) is 0 Å². The van der Waals surface area contributed by atoms with E-state index in [-0.39, 0.29) is 11.6 Å². The van der Waals surface area contributed by atoms with E-state index in [1.54, 1.807) is 45.3 Å². The molecule has 6 heterocycles. The Morgan fingerprint density at radius 3 is 1.22 bits per heavy atom. The molecule has 8 heteroatoms. The molecule has 0 amide bonds. The standard InChI is InChI=1S/C38H18F2S6/c39-35-23-5-1-3-7-25(23)45-37(35)29-11-9-27(41-29)33-17-21-13-19-16-32-22(14-20(19)15-31(21)43-33)18-34(44-32)28-10-12-30(42-28)38-36(40)24-6-2-4-8-26(24)46-38/h1-18H. The SMILES string of the molecule is Fc1c(-c2ccc(-c3cc4cc5cc6sc(-c7ccc(-c8sc9ccccc9c8F)s7)cc6cc5cc4s3)s2)sc2ccccc12. The number of rotatable bonds is 4. The lowest BCUT2D eigenvalue weighted by Crippen LogP contribution is -1.72. The van der Waals surface area contributed by atoms with Crippen LogP contribution < -0.4 is 0 Å². The molecule has 0 radical (unpaired) electrons. The maximum Gasteiger partial charge on any atom is 0.150 e. The zero-order valence-electron chi connectivity index (χ0n) is 23.6. The highest BCUT2D eigenvalue weighted by molar-refractivity contribution is 7.30. The first-order valence-electron chi connectivity index (χ1n) is 14.5. The summed E-state index contributed by atoms with van der Waals surface area (Å²) in [5.74, 6) is -0.242. The van der Waals surface area contributed by atoms with Crippen LogP contribution in [-0.2, 0) is 0 Å². The Balaban J connectivity index is 0.986. The van der Waals surface area contributed by atoms with Crippen LogP contribution in [0, 0.1) is 11.6 Å². The molecule has 0 saturated carbocycles. The molecule has 10 rings (SSSR count). The predicted molar refractivity (Wildman–Crippen MR) is 203 cm³/mol. The van der Waals surface area contributed by atoms with Crippen molar-refractivity contribution in [2.45, 2.75) is 0 Å². The van der Waals surface area contributed by atoms with E-state index in [2.05, 4.69) is 60.7 Å². The first-order valence-corrected chi connectivity index (χ1v) is 19.4. The molecule has 4 aromatic carbocycles. The van der Waals surface area contributed by atoms with Crippen molar-refractivity contribution in [3.63, 3.8) is 0 Å². The van der Waals surface area contributed by atoms with Gasteiger partial charge in [-0.15, -0.1) is 68.0 Å². The minimum atomic E-state index is -0.121. The van der Waals surface area contributed by atoms with Crippen molar-refractivity contribution in [1.29, 1.82) is 0 Å². The van der Waals surface area contributed by atoms with Gasteiger partial charge in [0.15, 0.2) is 0 Å². The van der Waals surface area contributed by atoms with Gasteiger partial charge in [0, 0.05) is 58.8 Å². The van der Waals surface area contributed by atoms with Crippen LogP contribution in [-0.4, -0.2) is 0 Å². The Morgan fingerprint density at radius 1 is 0.326 bits per heavy atom. The van der Waals surface area contributed by atoms with Crippen molar-refractivity contribution >= 4 is 119 Å².